The molecule has 1 saturated carbocycles. The van der Waals surface area contributed by atoms with Gasteiger partial charge in [0.05, 0.1) is 6.04 Å². The molecule has 0 radical (unpaired) electrons. The molecular weight excluding hydrogens is 504 g/mol. The Labute approximate surface area is 218 Å². The summed E-state index contributed by atoms with van der Waals surface area (Å²) in [5.74, 6) is -2.00. The molecule has 1 saturated heterocycles. The summed E-state index contributed by atoms with van der Waals surface area (Å²) in [6, 6.07) is 2.52. The molecule has 2 aliphatic rings. The van der Waals surface area contributed by atoms with Crippen molar-refractivity contribution in [2.24, 2.45) is 11.7 Å². The topological polar surface area (TPSA) is 171 Å². The van der Waals surface area contributed by atoms with Gasteiger partial charge in [0.25, 0.3) is 0 Å². The number of hydrogen-bond donors (Lipinski definition) is 6. The molecule has 0 spiro atoms. The van der Waals surface area contributed by atoms with Crippen LogP contribution in [-0.2, 0) is 25.6 Å². The van der Waals surface area contributed by atoms with E-state index in [0.29, 0.717) is 6.42 Å². The fourth-order valence-corrected chi connectivity index (χ4v) is 6.70. The predicted molar refractivity (Wildman–Crippen MR) is 139 cm³/mol. The number of phenolic OH excluding ortho intramolecular Hbond substituents is 1. The number of amides is 3. The lowest BCUT2D eigenvalue weighted by molar-refractivity contribution is -0.141. The van der Waals surface area contributed by atoms with E-state index in [1.165, 1.54) is 33.7 Å². The zero-order valence-corrected chi connectivity index (χ0v) is 21.6. The highest BCUT2D eigenvalue weighted by atomic mass is 33.1. The molecule has 1 aromatic rings. The van der Waals surface area contributed by atoms with Crippen LogP contribution in [0.3, 0.4) is 0 Å². The summed E-state index contributed by atoms with van der Waals surface area (Å²) < 4.78 is 0. The number of nitrogens with one attached hydrogen (secondary N) is 3. The Kier molecular flexibility index (Phi) is 10.7. The lowest BCUT2D eigenvalue weighted by Crippen LogP contribution is -2.58. The Balaban J connectivity index is 1.70. The van der Waals surface area contributed by atoms with E-state index in [1.807, 2.05) is 0 Å². The highest BCUT2D eigenvalue weighted by Crippen LogP contribution is 2.28. The van der Waals surface area contributed by atoms with Crippen LogP contribution in [0.25, 0.3) is 0 Å². The number of aromatic hydroxyl groups is 1. The number of carboxylic acids is 1. The minimum atomic E-state index is -1.14. The molecule has 2 fully saturated rings. The van der Waals surface area contributed by atoms with Crippen LogP contribution in [0, 0.1) is 5.92 Å². The third kappa shape index (κ3) is 8.59. The van der Waals surface area contributed by atoms with Crippen molar-refractivity contribution in [2.75, 3.05) is 11.5 Å². The highest BCUT2D eigenvalue weighted by molar-refractivity contribution is 8.76. The lowest BCUT2D eigenvalue weighted by Gasteiger charge is -2.28. The third-order valence-electron chi connectivity index (χ3n) is 6.46. The molecular formula is C24H34N4O6S2. The Hall–Kier alpha value is -2.44. The second-order valence-corrected chi connectivity index (χ2v) is 11.9. The smallest absolute Gasteiger partial charge is 0.327 e. The molecule has 0 bridgehead atoms. The second kappa shape index (κ2) is 13.8. The average Bonchev–Trinajstić information content (AvgIpc) is 2.87. The van der Waals surface area contributed by atoms with Crippen molar-refractivity contribution in [1.29, 1.82) is 0 Å². The van der Waals surface area contributed by atoms with Crippen molar-refractivity contribution in [2.45, 2.75) is 69.1 Å². The average molecular weight is 539 g/mol. The van der Waals surface area contributed by atoms with Crippen LogP contribution >= 0.6 is 21.6 Å². The first-order valence-corrected chi connectivity index (χ1v) is 14.6. The number of phenols is 1. The Morgan fingerprint density at radius 1 is 1.03 bits per heavy atom. The summed E-state index contributed by atoms with van der Waals surface area (Å²) in [7, 11) is 2.47. The zero-order chi connectivity index (χ0) is 26.1. The Morgan fingerprint density at radius 3 is 2.36 bits per heavy atom. The van der Waals surface area contributed by atoms with Crippen LogP contribution in [0.15, 0.2) is 24.3 Å². The summed E-state index contributed by atoms with van der Waals surface area (Å²) in [6.07, 6.45) is 5.83. The molecule has 3 rings (SSSR count). The third-order valence-corrected chi connectivity index (χ3v) is 8.88. The van der Waals surface area contributed by atoms with Gasteiger partial charge in [-0.25, -0.2) is 4.79 Å². The van der Waals surface area contributed by atoms with Crippen molar-refractivity contribution >= 4 is 45.3 Å². The van der Waals surface area contributed by atoms with Gasteiger partial charge in [-0.15, -0.1) is 0 Å². The van der Waals surface area contributed by atoms with Crippen LogP contribution in [-0.4, -0.2) is 69.6 Å². The minimum Gasteiger partial charge on any atom is -0.508 e. The summed E-state index contributed by atoms with van der Waals surface area (Å²) >= 11 is 0. The number of carboxylic acid groups (broad SMARTS) is 1. The molecule has 1 aromatic carbocycles. The van der Waals surface area contributed by atoms with E-state index in [1.54, 1.807) is 12.1 Å². The summed E-state index contributed by atoms with van der Waals surface area (Å²) in [5.41, 5.74) is 6.84. The number of benzene rings is 1. The van der Waals surface area contributed by atoms with Gasteiger partial charge in [-0.1, -0.05) is 65.8 Å². The molecule has 4 atom stereocenters. The second-order valence-electron chi connectivity index (χ2n) is 9.31. The van der Waals surface area contributed by atoms with Gasteiger partial charge < -0.3 is 31.9 Å². The molecule has 3 amide bonds. The van der Waals surface area contributed by atoms with E-state index < -0.39 is 47.9 Å². The Morgan fingerprint density at radius 2 is 1.69 bits per heavy atom. The minimum absolute atomic E-state index is 0.109. The SMILES string of the molecule is N[C@@H](Cc1ccc(O)cc1)C(=O)N[C@H]1CSSC[C@@H](C(=O)O)NC(=O)[C@H](CC2CCCCC2)NC1=O. The number of nitrogens with two attached hydrogens (primary N) is 1. The summed E-state index contributed by atoms with van der Waals surface area (Å²) in [5, 5.41) is 27.0. The molecule has 10 nitrogen and oxygen atoms in total. The van der Waals surface area contributed by atoms with Gasteiger partial charge in [0, 0.05) is 11.5 Å². The quantitative estimate of drug-likeness (QED) is 0.279. The summed E-state index contributed by atoms with van der Waals surface area (Å²) in [4.78, 5) is 50.7. The van der Waals surface area contributed by atoms with Crippen LogP contribution in [0.1, 0.15) is 44.1 Å². The van der Waals surface area contributed by atoms with Crippen LogP contribution in [0.5, 0.6) is 5.75 Å². The monoisotopic (exact) mass is 538 g/mol. The standard InChI is InChI=1S/C24H34N4O6S2/c25-17(10-15-6-8-16(29)9-7-15)21(30)27-19-12-35-36-13-20(24(33)34)28-22(31)18(26-23(19)32)11-14-4-2-1-3-5-14/h6-9,14,17-20,29H,1-5,10-13,25H2,(H,26,32)(H,27,30)(H,28,31)(H,33,34)/t17-,18-,19-,20-/m0/s1. The molecule has 1 aliphatic heterocycles. The zero-order valence-electron chi connectivity index (χ0n) is 20.0. The molecule has 7 N–H and O–H groups in total. The van der Waals surface area contributed by atoms with Crippen molar-refractivity contribution in [1.82, 2.24) is 16.0 Å². The van der Waals surface area contributed by atoms with E-state index in [0.717, 1.165) is 37.7 Å². The maximum atomic E-state index is 13.2. The lowest BCUT2D eigenvalue weighted by atomic mass is 9.84. The van der Waals surface area contributed by atoms with Crippen LogP contribution in [0.4, 0.5) is 0 Å². The van der Waals surface area contributed by atoms with Gasteiger partial charge in [0.1, 0.15) is 23.9 Å². The van der Waals surface area contributed by atoms with Gasteiger partial charge in [-0.05, 0) is 36.5 Å². The number of rotatable bonds is 7. The maximum Gasteiger partial charge on any atom is 0.327 e. The van der Waals surface area contributed by atoms with E-state index in [9.17, 15) is 29.4 Å². The van der Waals surface area contributed by atoms with E-state index in [-0.39, 0.29) is 29.6 Å². The van der Waals surface area contributed by atoms with Crippen molar-refractivity contribution in [3.05, 3.63) is 29.8 Å². The molecule has 0 unspecified atom stereocenters. The van der Waals surface area contributed by atoms with E-state index in [4.69, 9.17) is 5.73 Å². The van der Waals surface area contributed by atoms with Crippen LogP contribution < -0.4 is 21.7 Å². The van der Waals surface area contributed by atoms with Gasteiger partial charge >= 0.3 is 5.97 Å². The Bertz CT molecular complexity index is 926. The first kappa shape index (κ1) is 28.1. The maximum absolute atomic E-state index is 13.2. The van der Waals surface area contributed by atoms with E-state index in [2.05, 4.69) is 16.0 Å². The molecule has 1 heterocycles. The van der Waals surface area contributed by atoms with Crippen molar-refractivity contribution in [3.8, 4) is 5.75 Å². The fraction of sp³-hybridized carbons (Fsp3) is 0.583. The number of carbonyl (C=O) groups excluding carboxylic acids is 3. The molecule has 1 aliphatic carbocycles. The molecule has 198 valence electrons. The van der Waals surface area contributed by atoms with Gasteiger partial charge in [-0.2, -0.15) is 0 Å². The van der Waals surface area contributed by atoms with Crippen LogP contribution in [0.2, 0.25) is 0 Å². The van der Waals surface area contributed by atoms with Gasteiger partial charge in [-0.3, -0.25) is 14.4 Å². The predicted octanol–water partition coefficient (Wildman–Crippen LogP) is 1.17. The first-order chi connectivity index (χ1) is 17.2. The van der Waals surface area contributed by atoms with Crippen molar-refractivity contribution in [3.63, 3.8) is 0 Å². The highest BCUT2D eigenvalue weighted by Gasteiger charge is 2.33. The van der Waals surface area contributed by atoms with E-state index >= 15 is 0 Å². The van der Waals surface area contributed by atoms with Gasteiger partial charge in [0.15, 0.2) is 0 Å². The fourth-order valence-electron chi connectivity index (χ4n) is 4.38. The summed E-state index contributed by atoms with van der Waals surface area (Å²) in [6.45, 7) is 0. The largest absolute Gasteiger partial charge is 0.508 e. The molecule has 12 heteroatoms. The first-order valence-electron chi connectivity index (χ1n) is 12.1. The normalized spacial score (nSPS) is 25.1. The van der Waals surface area contributed by atoms with Gasteiger partial charge in [0.2, 0.25) is 17.7 Å². The molecule has 0 aromatic heterocycles. The number of aliphatic carboxylic acids is 1. The van der Waals surface area contributed by atoms with Crippen molar-refractivity contribution < 1.29 is 29.4 Å². The number of carbonyl (C=O) groups is 4. The molecule has 36 heavy (non-hydrogen) atoms. The number of hydrogen-bond acceptors (Lipinski definition) is 8.